The smallest absolute Gasteiger partial charge is 0.242 e. The van der Waals surface area contributed by atoms with E-state index < -0.39 is 10.0 Å². The van der Waals surface area contributed by atoms with Crippen LogP contribution in [0.2, 0.25) is 0 Å². The van der Waals surface area contributed by atoms with Gasteiger partial charge in [-0.15, -0.1) is 0 Å². The second-order valence-electron chi connectivity index (χ2n) is 6.25. The number of aliphatic hydroxyl groups is 1. The van der Waals surface area contributed by atoms with E-state index in [1.807, 2.05) is 12.1 Å². The molecule has 1 saturated carbocycles. The van der Waals surface area contributed by atoms with Crippen molar-refractivity contribution < 1.29 is 13.5 Å². The topological polar surface area (TPSA) is 60.9 Å². The molecule has 3 rings (SSSR count). The van der Waals surface area contributed by atoms with Crippen LogP contribution >= 0.6 is 0 Å². The average molecular weight is 310 g/mol. The van der Waals surface area contributed by atoms with Gasteiger partial charge in [0.15, 0.2) is 0 Å². The lowest BCUT2D eigenvalue weighted by Crippen LogP contribution is -2.25. The zero-order valence-corrected chi connectivity index (χ0v) is 13.3. The van der Waals surface area contributed by atoms with Gasteiger partial charge in [-0.2, -0.15) is 0 Å². The Balaban J connectivity index is 1.77. The van der Waals surface area contributed by atoms with E-state index in [0.717, 1.165) is 31.6 Å². The van der Waals surface area contributed by atoms with E-state index in [1.54, 1.807) is 12.1 Å². The number of nitrogens with zero attached hydrogens (tertiary/aromatic N) is 2. The van der Waals surface area contributed by atoms with Crippen molar-refractivity contribution in [3.05, 3.63) is 24.3 Å². The molecule has 2 aliphatic rings. The number of hydrogen-bond donors (Lipinski definition) is 1. The molecule has 0 radical (unpaired) electrons. The van der Waals surface area contributed by atoms with Crippen molar-refractivity contribution in [3.63, 3.8) is 0 Å². The number of sulfonamides is 1. The first-order valence-electron chi connectivity index (χ1n) is 7.35. The van der Waals surface area contributed by atoms with E-state index in [0.29, 0.717) is 16.7 Å². The molecule has 2 fully saturated rings. The van der Waals surface area contributed by atoms with E-state index in [-0.39, 0.29) is 6.10 Å². The number of anilines is 1. The molecular weight excluding hydrogens is 288 g/mol. The van der Waals surface area contributed by atoms with Gasteiger partial charge in [-0.3, -0.25) is 0 Å². The standard InChI is InChI=1S/C15H22N2O3S/c1-16(2)21(19,20)13-6-4-12(5-7-13)17-9-11-3-8-15(18)14(11)10-17/h4-7,11,14-15,18H,3,8-10H2,1-2H3. The molecule has 0 spiro atoms. The quantitative estimate of drug-likeness (QED) is 0.909. The van der Waals surface area contributed by atoms with E-state index >= 15 is 0 Å². The molecule has 1 aromatic carbocycles. The number of rotatable bonds is 3. The maximum Gasteiger partial charge on any atom is 0.242 e. The van der Waals surface area contributed by atoms with Crippen LogP contribution in [-0.4, -0.2) is 51.1 Å². The summed E-state index contributed by atoms with van der Waals surface area (Å²) in [5.74, 6) is 0.945. The SMILES string of the molecule is CN(C)S(=O)(=O)c1ccc(N2CC3CCC(O)C3C2)cc1. The second-order valence-corrected chi connectivity index (χ2v) is 8.41. The van der Waals surface area contributed by atoms with Crippen LogP contribution in [-0.2, 0) is 10.0 Å². The largest absolute Gasteiger partial charge is 0.393 e. The van der Waals surface area contributed by atoms with Gasteiger partial charge in [0.05, 0.1) is 11.0 Å². The molecule has 1 aromatic rings. The fourth-order valence-electron chi connectivity index (χ4n) is 3.49. The molecular formula is C15H22N2O3S. The lowest BCUT2D eigenvalue weighted by Gasteiger charge is -2.21. The molecule has 6 heteroatoms. The van der Waals surface area contributed by atoms with Crippen molar-refractivity contribution in [2.24, 2.45) is 11.8 Å². The fourth-order valence-corrected chi connectivity index (χ4v) is 4.39. The Hall–Kier alpha value is -1.11. The number of aliphatic hydroxyl groups excluding tert-OH is 1. The Morgan fingerprint density at radius 1 is 1.14 bits per heavy atom. The third kappa shape index (κ3) is 2.56. The fraction of sp³-hybridized carbons (Fsp3) is 0.600. The summed E-state index contributed by atoms with van der Waals surface area (Å²) in [5, 5.41) is 9.96. The van der Waals surface area contributed by atoms with Crippen molar-refractivity contribution in [1.29, 1.82) is 0 Å². The van der Waals surface area contributed by atoms with Crippen LogP contribution in [0.15, 0.2) is 29.2 Å². The Bertz CT molecular complexity index is 612. The summed E-state index contributed by atoms with van der Waals surface area (Å²) in [6.45, 7) is 1.83. The van der Waals surface area contributed by atoms with Crippen LogP contribution in [0.1, 0.15) is 12.8 Å². The molecule has 1 heterocycles. The van der Waals surface area contributed by atoms with E-state index in [4.69, 9.17) is 0 Å². The highest BCUT2D eigenvalue weighted by Crippen LogP contribution is 2.39. The first kappa shape index (κ1) is 14.8. The summed E-state index contributed by atoms with van der Waals surface area (Å²) in [5.41, 5.74) is 1.04. The monoisotopic (exact) mass is 310 g/mol. The van der Waals surface area contributed by atoms with Gasteiger partial charge in [-0.1, -0.05) is 0 Å². The molecule has 116 valence electrons. The lowest BCUT2D eigenvalue weighted by molar-refractivity contribution is 0.133. The summed E-state index contributed by atoms with van der Waals surface area (Å²) in [4.78, 5) is 2.57. The summed E-state index contributed by atoms with van der Waals surface area (Å²) < 4.78 is 25.3. The van der Waals surface area contributed by atoms with Crippen LogP contribution in [0.3, 0.4) is 0 Å². The molecule has 3 unspecified atom stereocenters. The van der Waals surface area contributed by atoms with Crippen molar-refractivity contribution >= 4 is 15.7 Å². The summed E-state index contributed by atoms with van der Waals surface area (Å²) in [6.07, 6.45) is 1.84. The van der Waals surface area contributed by atoms with Gasteiger partial charge < -0.3 is 10.0 Å². The van der Waals surface area contributed by atoms with E-state index in [9.17, 15) is 13.5 Å². The maximum absolute atomic E-state index is 12.0. The third-order valence-electron chi connectivity index (χ3n) is 4.80. The zero-order valence-electron chi connectivity index (χ0n) is 12.4. The van der Waals surface area contributed by atoms with E-state index in [2.05, 4.69) is 4.90 Å². The Morgan fingerprint density at radius 2 is 1.81 bits per heavy atom. The first-order chi connectivity index (χ1) is 9.89. The highest BCUT2D eigenvalue weighted by atomic mass is 32.2. The minimum atomic E-state index is -3.37. The van der Waals surface area contributed by atoms with Crippen molar-refractivity contribution in [1.82, 2.24) is 4.31 Å². The van der Waals surface area contributed by atoms with Crippen LogP contribution in [0.25, 0.3) is 0 Å². The van der Waals surface area contributed by atoms with E-state index in [1.165, 1.54) is 18.4 Å². The first-order valence-corrected chi connectivity index (χ1v) is 8.79. The van der Waals surface area contributed by atoms with Crippen LogP contribution < -0.4 is 4.90 Å². The third-order valence-corrected chi connectivity index (χ3v) is 6.63. The van der Waals surface area contributed by atoms with Gasteiger partial charge >= 0.3 is 0 Å². The second kappa shape index (κ2) is 5.26. The summed E-state index contributed by atoms with van der Waals surface area (Å²) >= 11 is 0. The summed E-state index contributed by atoms with van der Waals surface area (Å²) in [7, 11) is -0.298. The molecule has 1 aliphatic carbocycles. The zero-order chi connectivity index (χ0) is 15.2. The predicted molar refractivity (Wildman–Crippen MR) is 81.7 cm³/mol. The molecule has 21 heavy (non-hydrogen) atoms. The van der Waals surface area contributed by atoms with Gasteiger partial charge in [0, 0.05) is 38.8 Å². The number of benzene rings is 1. The number of fused-ring (bicyclic) bond motifs is 1. The Kier molecular flexibility index (Phi) is 3.71. The van der Waals surface area contributed by atoms with Crippen molar-refractivity contribution in [2.45, 2.75) is 23.8 Å². The van der Waals surface area contributed by atoms with Crippen LogP contribution in [0, 0.1) is 11.8 Å². The molecule has 5 nitrogen and oxygen atoms in total. The summed E-state index contributed by atoms with van der Waals surface area (Å²) in [6, 6.07) is 7.05. The van der Waals surface area contributed by atoms with Crippen LogP contribution in [0.4, 0.5) is 5.69 Å². The number of hydrogen-bond acceptors (Lipinski definition) is 4. The van der Waals surface area contributed by atoms with Gasteiger partial charge in [0.2, 0.25) is 10.0 Å². The molecule has 1 saturated heterocycles. The molecule has 0 amide bonds. The van der Waals surface area contributed by atoms with Gasteiger partial charge in [0.1, 0.15) is 0 Å². The molecule has 0 aromatic heterocycles. The normalized spacial score (nSPS) is 29.1. The highest BCUT2D eigenvalue weighted by Gasteiger charge is 2.41. The molecule has 0 bridgehead atoms. The van der Waals surface area contributed by atoms with Crippen LogP contribution in [0.5, 0.6) is 0 Å². The van der Waals surface area contributed by atoms with Gasteiger partial charge in [-0.05, 0) is 43.0 Å². The minimum absolute atomic E-state index is 0.173. The maximum atomic E-state index is 12.0. The molecule has 3 atom stereocenters. The highest BCUT2D eigenvalue weighted by molar-refractivity contribution is 7.89. The Labute approximate surface area is 126 Å². The molecule has 1 aliphatic heterocycles. The van der Waals surface area contributed by atoms with Gasteiger partial charge in [-0.25, -0.2) is 12.7 Å². The average Bonchev–Trinajstić information content (AvgIpc) is 3.01. The lowest BCUT2D eigenvalue weighted by atomic mass is 10.00. The molecule has 1 N–H and O–H groups in total. The van der Waals surface area contributed by atoms with Gasteiger partial charge in [0.25, 0.3) is 0 Å². The van der Waals surface area contributed by atoms with Crippen molar-refractivity contribution in [3.8, 4) is 0 Å². The van der Waals surface area contributed by atoms with Crippen molar-refractivity contribution in [2.75, 3.05) is 32.1 Å². The Morgan fingerprint density at radius 3 is 2.38 bits per heavy atom. The minimum Gasteiger partial charge on any atom is -0.393 e. The predicted octanol–water partition coefficient (Wildman–Crippen LogP) is 1.14.